The van der Waals surface area contributed by atoms with Gasteiger partial charge in [0.15, 0.2) is 5.78 Å². The van der Waals surface area contributed by atoms with Crippen molar-refractivity contribution in [3.8, 4) is 0 Å². The van der Waals surface area contributed by atoms with E-state index in [2.05, 4.69) is 12.2 Å². The second kappa shape index (κ2) is 9.96. The lowest BCUT2D eigenvalue weighted by atomic mass is 10.1. The van der Waals surface area contributed by atoms with E-state index in [0.717, 1.165) is 42.1 Å². The van der Waals surface area contributed by atoms with Crippen molar-refractivity contribution in [3.63, 3.8) is 0 Å². The third-order valence-corrected chi connectivity index (χ3v) is 3.96. The first-order chi connectivity index (χ1) is 12.2. The lowest BCUT2D eigenvalue weighted by Gasteiger charge is -2.08. The summed E-state index contributed by atoms with van der Waals surface area (Å²) >= 11 is 0. The van der Waals surface area contributed by atoms with E-state index in [4.69, 9.17) is 14.8 Å². The highest BCUT2D eigenvalue weighted by molar-refractivity contribution is 5.94. The topological polar surface area (TPSA) is 75.9 Å². The molecule has 6 heteroatoms. The Morgan fingerprint density at radius 1 is 1.44 bits per heavy atom. The molecule has 2 aromatic rings. The number of ketones is 1. The molecule has 0 atom stereocenters. The highest BCUT2D eigenvalue weighted by atomic mass is 16.5. The van der Waals surface area contributed by atoms with Gasteiger partial charge in [-0.2, -0.15) is 0 Å². The third-order valence-electron chi connectivity index (χ3n) is 3.96. The zero-order valence-corrected chi connectivity index (χ0v) is 15.0. The van der Waals surface area contributed by atoms with Gasteiger partial charge in [0.1, 0.15) is 18.1 Å². The molecule has 0 aliphatic carbocycles. The van der Waals surface area contributed by atoms with Crippen molar-refractivity contribution in [2.45, 2.75) is 32.6 Å². The van der Waals surface area contributed by atoms with E-state index in [1.165, 1.54) is 18.9 Å². The average Bonchev–Trinajstić information content (AvgIpc) is 2.97. The van der Waals surface area contributed by atoms with E-state index < -0.39 is 6.61 Å². The van der Waals surface area contributed by atoms with Gasteiger partial charge in [-0.05, 0) is 36.6 Å². The summed E-state index contributed by atoms with van der Waals surface area (Å²) in [6.07, 6.45) is 9.42. The minimum Gasteiger partial charge on any atom is -0.388 e. The number of carbonyl (C=O) groups excluding carboxylic acids is 1. The molecule has 0 aromatic carbocycles. The Hall–Kier alpha value is -2.18. The van der Waals surface area contributed by atoms with E-state index in [1.807, 2.05) is 22.7 Å². The molecule has 0 aliphatic rings. The number of nitrogens with one attached hydrogen (secondary N) is 1. The molecule has 2 N–H and O–H groups in total. The van der Waals surface area contributed by atoms with Gasteiger partial charge in [0.05, 0.1) is 12.3 Å². The Labute approximate surface area is 148 Å². The Balaban J connectivity index is 2.28. The summed E-state index contributed by atoms with van der Waals surface area (Å²) in [7, 11) is 1.69. The number of nitrogens with zero attached hydrogens (tertiary/aromatic N) is 2. The van der Waals surface area contributed by atoms with Gasteiger partial charge in [-0.25, -0.2) is 4.98 Å². The van der Waals surface area contributed by atoms with E-state index >= 15 is 0 Å². The summed E-state index contributed by atoms with van der Waals surface area (Å²) in [5.41, 5.74) is 2.77. The van der Waals surface area contributed by atoms with Crippen LogP contribution in [0.3, 0.4) is 0 Å². The summed E-state index contributed by atoms with van der Waals surface area (Å²) in [6, 6.07) is 3.86. The van der Waals surface area contributed by atoms with Crippen LogP contribution in [-0.4, -0.2) is 47.1 Å². The summed E-state index contributed by atoms with van der Waals surface area (Å²) in [5, 5.41) is 12.2. The maximum absolute atomic E-state index is 11.2. The number of imidazole rings is 1. The number of aryl methyl sites for hydroxylation is 1. The second-order valence-corrected chi connectivity index (χ2v) is 5.93. The lowest BCUT2D eigenvalue weighted by Crippen LogP contribution is -2.10. The van der Waals surface area contributed by atoms with Crippen LogP contribution in [0, 0.1) is 0 Å². The first-order valence-electron chi connectivity index (χ1n) is 8.75. The Morgan fingerprint density at radius 2 is 2.28 bits per heavy atom. The Kier molecular flexibility index (Phi) is 7.63. The molecule has 136 valence electrons. The summed E-state index contributed by atoms with van der Waals surface area (Å²) in [4.78, 5) is 16.0. The van der Waals surface area contributed by atoms with Crippen molar-refractivity contribution in [3.05, 3.63) is 35.7 Å². The molecule has 0 saturated carbocycles. The number of hydrogen-bond donors (Lipinski definition) is 2. The van der Waals surface area contributed by atoms with Gasteiger partial charge in [0, 0.05) is 19.9 Å². The van der Waals surface area contributed by atoms with E-state index in [1.54, 1.807) is 13.2 Å². The zero-order valence-electron chi connectivity index (χ0n) is 15.0. The first kappa shape index (κ1) is 19.1. The molecule has 0 bridgehead atoms. The van der Waals surface area contributed by atoms with Gasteiger partial charge in [-0.15, -0.1) is 0 Å². The number of aromatic nitrogens is 2. The number of anilines is 1. The lowest BCUT2D eigenvalue weighted by molar-refractivity contribution is -0.117. The molecule has 25 heavy (non-hydrogen) atoms. The SMILES string of the molecule is CCCCCc1nc2cc(/C=C/C(=O)CO)ccn2c1NCCOC. The zero-order chi connectivity index (χ0) is 18.1. The molecule has 0 amide bonds. The van der Waals surface area contributed by atoms with E-state index in [9.17, 15) is 4.79 Å². The fourth-order valence-corrected chi connectivity index (χ4v) is 2.63. The monoisotopic (exact) mass is 345 g/mol. The Morgan fingerprint density at radius 3 is 3.00 bits per heavy atom. The molecule has 2 aromatic heterocycles. The quantitative estimate of drug-likeness (QED) is 0.484. The van der Waals surface area contributed by atoms with Crippen molar-refractivity contribution in [1.82, 2.24) is 9.38 Å². The highest BCUT2D eigenvalue weighted by Crippen LogP contribution is 2.21. The number of aliphatic hydroxyl groups excluding tert-OH is 1. The number of aliphatic hydroxyl groups is 1. The van der Waals surface area contributed by atoms with Crippen molar-refractivity contribution in [1.29, 1.82) is 0 Å². The molecule has 0 radical (unpaired) electrons. The number of methoxy groups -OCH3 is 1. The molecule has 0 spiro atoms. The van der Waals surface area contributed by atoms with Crippen LogP contribution >= 0.6 is 0 Å². The van der Waals surface area contributed by atoms with E-state index in [-0.39, 0.29) is 5.78 Å². The van der Waals surface area contributed by atoms with Crippen molar-refractivity contribution in [2.24, 2.45) is 0 Å². The number of carbonyl (C=O) groups is 1. The predicted octanol–water partition coefficient (Wildman–Crippen LogP) is 2.70. The molecule has 0 fully saturated rings. The van der Waals surface area contributed by atoms with Crippen molar-refractivity contribution >= 4 is 23.3 Å². The second-order valence-electron chi connectivity index (χ2n) is 5.93. The average molecular weight is 345 g/mol. The standard InChI is InChI=1S/C19H27N3O3/c1-3-4-5-6-17-19(20-10-12-25-2)22-11-9-15(13-18(22)21-17)7-8-16(24)14-23/h7-9,11,13,20,23H,3-6,10,12,14H2,1-2H3/b8-7+. The van der Waals surface area contributed by atoms with Gasteiger partial charge < -0.3 is 15.2 Å². The van der Waals surface area contributed by atoms with Crippen LogP contribution < -0.4 is 5.32 Å². The van der Waals surface area contributed by atoms with Gasteiger partial charge >= 0.3 is 0 Å². The normalized spacial score (nSPS) is 11.5. The number of fused-ring (bicyclic) bond motifs is 1. The highest BCUT2D eigenvalue weighted by Gasteiger charge is 2.12. The van der Waals surface area contributed by atoms with Crippen LogP contribution in [0.1, 0.15) is 37.4 Å². The number of unbranched alkanes of at least 4 members (excludes halogenated alkanes) is 2. The largest absolute Gasteiger partial charge is 0.388 e. The van der Waals surface area contributed by atoms with Gasteiger partial charge in [0.25, 0.3) is 0 Å². The fraction of sp³-hybridized carbons (Fsp3) is 0.474. The van der Waals surface area contributed by atoms with Gasteiger partial charge in [0.2, 0.25) is 0 Å². The van der Waals surface area contributed by atoms with Crippen molar-refractivity contribution in [2.75, 3.05) is 32.2 Å². The fourth-order valence-electron chi connectivity index (χ4n) is 2.63. The van der Waals surface area contributed by atoms with Crippen LogP contribution in [0.2, 0.25) is 0 Å². The molecule has 2 heterocycles. The van der Waals surface area contributed by atoms with Crippen LogP contribution in [-0.2, 0) is 16.0 Å². The van der Waals surface area contributed by atoms with Crippen molar-refractivity contribution < 1.29 is 14.6 Å². The Bertz CT molecular complexity index is 722. The van der Waals surface area contributed by atoms with Crippen LogP contribution in [0.4, 0.5) is 5.82 Å². The summed E-state index contributed by atoms with van der Waals surface area (Å²) in [6.45, 7) is 3.06. The predicted molar refractivity (Wildman–Crippen MR) is 99.9 cm³/mol. The summed E-state index contributed by atoms with van der Waals surface area (Å²) < 4.78 is 7.15. The minimum absolute atomic E-state index is 0.314. The number of pyridine rings is 1. The maximum Gasteiger partial charge on any atom is 0.181 e. The van der Waals surface area contributed by atoms with Gasteiger partial charge in [-0.1, -0.05) is 25.8 Å². The third kappa shape index (κ3) is 5.41. The molecular formula is C19H27N3O3. The number of rotatable bonds is 11. The van der Waals surface area contributed by atoms with E-state index in [0.29, 0.717) is 6.61 Å². The molecule has 0 unspecified atom stereocenters. The molecule has 0 aliphatic heterocycles. The number of ether oxygens (including phenoxy) is 1. The molecule has 6 nitrogen and oxygen atoms in total. The molecular weight excluding hydrogens is 318 g/mol. The van der Waals surface area contributed by atoms with Gasteiger partial charge in [-0.3, -0.25) is 9.20 Å². The van der Waals surface area contributed by atoms with Crippen LogP contribution in [0.15, 0.2) is 24.4 Å². The molecule has 2 rings (SSSR count). The van der Waals surface area contributed by atoms with Crippen LogP contribution in [0.25, 0.3) is 11.7 Å². The number of hydrogen-bond acceptors (Lipinski definition) is 5. The summed E-state index contributed by atoms with van der Waals surface area (Å²) in [5.74, 6) is 0.690. The van der Waals surface area contributed by atoms with Crippen LogP contribution in [0.5, 0.6) is 0 Å². The maximum atomic E-state index is 11.2. The smallest absolute Gasteiger partial charge is 0.181 e. The molecule has 0 saturated heterocycles. The first-order valence-corrected chi connectivity index (χ1v) is 8.75. The minimum atomic E-state index is -0.475.